The van der Waals surface area contributed by atoms with Crippen LogP contribution < -0.4 is 4.72 Å². The van der Waals surface area contributed by atoms with Crippen molar-refractivity contribution in [3.8, 4) is 0 Å². The number of benzene rings is 1. The number of hydrogen-bond donors (Lipinski definition) is 1. The molecule has 22 heavy (non-hydrogen) atoms. The summed E-state index contributed by atoms with van der Waals surface area (Å²) >= 11 is 1.75. The zero-order valence-corrected chi connectivity index (χ0v) is 12.8. The standard InChI is InChI=1S/C18H15FN2S/c19-12-4-5-13-15(9-20-16(13)8-12)11-3-6-17-14(7-11)18(21-22-17)10-1-2-10/h3-7,9-10,18,21H,1-2,8H2. The lowest BCUT2D eigenvalue weighted by atomic mass is 9.90. The first-order valence-electron chi connectivity index (χ1n) is 7.70. The summed E-state index contributed by atoms with van der Waals surface area (Å²) in [5.74, 6) is 0.680. The Labute approximate surface area is 133 Å². The second-order valence-corrected chi connectivity index (χ2v) is 7.16. The van der Waals surface area contributed by atoms with E-state index in [1.54, 1.807) is 18.0 Å². The zero-order valence-electron chi connectivity index (χ0n) is 12.0. The summed E-state index contributed by atoms with van der Waals surface area (Å²) in [7, 11) is 0. The van der Waals surface area contributed by atoms with Crippen LogP contribution in [0.2, 0.25) is 0 Å². The fraction of sp³-hybridized carbons (Fsp3) is 0.278. The van der Waals surface area contributed by atoms with Gasteiger partial charge in [-0.1, -0.05) is 6.07 Å². The molecule has 0 bridgehead atoms. The zero-order chi connectivity index (χ0) is 14.7. The van der Waals surface area contributed by atoms with E-state index in [2.05, 4.69) is 27.9 Å². The molecule has 1 N–H and O–H groups in total. The van der Waals surface area contributed by atoms with Crippen LogP contribution in [0.25, 0.3) is 5.57 Å². The third kappa shape index (κ3) is 1.94. The molecule has 2 nitrogen and oxygen atoms in total. The van der Waals surface area contributed by atoms with E-state index >= 15 is 0 Å². The first-order chi connectivity index (χ1) is 10.8. The number of halogens is 1. The molecule has 2 heterocycles. The number of allylic oxidation sites excluding steroid dienone is 5. The molecule has 1 aromatic rings. The highest BCUT2D eigenvalue weighted by atomic mass is 32.2. The van der Waals surface area contributed by atoms with Crippen LogP contribution in [0.1, 0.15) is 36.4 Å². The van der Waals surface area contributed by atoms with Gasteiger partial charge in [0.05, 0.1) is 5.71 Å². The van der Waals surface area contributed by atoms with Gasteiger partial charge in [0.2, 0.25) is 0 Å². The molecule has 2 aliphatic carbocycles. The fourth-order valence-electron chi connectivity index (χ4n) is 3.41. The van der Waals surface area contributed by atoms with Gasteiger partial charge in [-0.2, -0.15) is 0 Å². The summed E-state index contributed by atoms with van der Waals surface area (Å²) in [5, 5.41) is 0. The summed E-state index contributed by atoms with van der Waals surface area (Å²) in [6.07, 6.45) is 8.27. The van der Waals surface area contributed by atoms with E-state index in [4.69, 9.17) is 0 Å². The maximum absolute atomic E-state index is 13.4. The van der Waals surface area contributed by atoms with Gasteiger partial charge in [0.1, 0.15) is 5.83 Å². The monoisotopic (exact) mass is 310 g/mol. The van der Waals surface area contributed by atoms with Crippen molar-refractivity contribution < 1.29 is 4.39 Å². The molecule has 1 fully saturated rings. The highest BCUT2D eigenvalue weighted by Gasteiger charge is 2.37. The van der Waals surface area contributed by atoms with Crippen molar-refractivity contribution in [1.82, 2.24) is 4.72 Å². The van der Waals surface area contributed by atoms with Crippen LogP contribution in [0.4, 0.5) is 4.39 Å². The van der Waals surface area contributed by atoms with Crippen LogP contribution >= 0.6 is 11.9 Å². The van der Waals surface area contributed by atoms with Crippen molar-refractivity contribution in [3.63, 3.8) is 0 Å². The van der Waals surface area contributed by atoms with E-state index < -0.39 is 0 Å². The highest BCUT2D eigenvalue weighted by Crippen LogP contribution is 2.49. The molecule has 1 atom stereocenters. The Morgan fingerprint density at radius 1 is 1.18 bits per heavy atom. The summed E-state index contributed by atoms with van der Waals surface area (Å²) in [5.41, 5.74) is 5.64. The second kappa shape index (κ2) is 4.67. The van der Waals surface area contributed by atoms with Crippen molar-refractivity contribution in [3.05, 3.63) is 59.1 Å². The van der Waals surface area contributed by atoms with Gasteiger partial charge in [0, 0.05) is 34.7 Å². The third-order valence-corrected chi connectivity index (χ3v) is 5.73. The largest absolute Gasteiger partial charge is 0.260 e. The molecule has 5 rings (SSSR count). The Kier molecular flexibility index (Phi) is 2.73. The molecule has 4 heteroatoms. The Morgan fingerprint density at radius 3 is 2.95 bits per heavy atom. The average molecular weight is 310 g/mol. The molecule has 0 aromatic heterocycles. The van der Waals surface area contributed by atoms with Crippen LogP contribution in [0.5, 0.6) is 0 Å². The first-order valence-corrected chi connectivity index (χ1v) is 8.52. The van der Waals surface area contributed by atoms with Crippen molar-refractivity contribution in [2.45, 2.75) is 30.2 Å². The number of aliphatic imine (C=N–C) groups is 1. The lowest BCUT2D eigenvalue weighted by Gasteiger charge is -2.14. The molecule has 0 saturated heterocycles. The second-order valence-electron chi connectivity index (χ2n) is 6.28. The normalized spacial score (nSPS) is 26.0. The Bertz CT molecular complexity index is 799. The SMILES string of the molecule is FC1=CC=C2C(c3ccc4c(c3)C(C3CC3)NS4)=CN=C2C1. The molecular formula is C18H15FN2S. The van der Waals surface area contributed by atoms with E-state index in [0.717, 1.165) is 22.8 Å². The van der Waals surface area contributed by atoms with Gasteiger partial charge >= 0.3 is 0 Å². The fourth-order valence-corrected chi connectivity index (χ4v) is 4.42. The minimum atomic E-state index is -0.111. The van der Waals surface area contributed by atoms with Crippen LogP contribution in [0, 0.1) is 5.92 Å². The molecule has 4 aliphatic rings. The molecule has 2 aliphatic heterocycles. The van der Waals surface area contributed by atoms with Crippen LogP contribution in [-0.4, -0.2) is 5.71 Å². The molecule has 1 unspecified atom stereocenters. The van der Waals surface area contributed by atoms with Gasteiger partial charge in [-0.3, -0.25) is 9.71 Å². The van der Waals surface area contributed by atoms with Gasteiger partial charge < -0.3 is 0 Å². The Morgan fingerprint density at radius 2 is 2.09 bits per heavy atom. The van der Waals surface area contributed by atoms with Crippen LogP contribution in [0.15, 0.2) is 57.8 Å². The average Bonchev–Trinajstić information content (AvgIpc) is 3.15. The Hall–Kier alpha value is -1.65. The minimum absolute atomic E-state index is 0.111. The number of nitrogens with one attached hydrogen (secondary N) is 1. The molecule has 0 radical (unpaired) electrons. The van der Waals surface area contributed by atoms with E-state index in [1.165, 1.54) is 28.9 Å². The van der Waals surface area contributed by atoms with E-state index in [-0.39, 0.29) is 5.83 Å². The summed E-state index contributed by atoms with van der Waals surface area (Å²) in [6.45, 7) is 0. The van der Waals surface area contributed by atoms with Crippen LogP contribution in [-0.2, 0) is 0 Å². The smallest absolute Gasteiger partial charge is 0.106 e. The van der Waals surface area contributed by atoms with Gasteiger partial charge in [-0.25, -0.2) is 4.39 Å². The quantitative estimate of drug-likeness (QED) is 0.799. The van der Waals surface area contributed by atoms with Crippen molar-refractivity contribution in [2.24, 2.45) is 10.9 Å². The number of nitrogens with zero attached hydrogens (tertiary/aromatic N) is 1. The summed E-state index contributed by atoms with van der Waals surface area (Å²) < 4.78 is 16.9. The van der Waals surface area contributed by atoms with Crippen molar-refractivity contribution >= 4 is 23.2 Å². The van der Waals surface area contributed by atoms with Gasteiger partial charge in [0.25, 0.3) is 0 Å². The number of hydrogen-bond acceptors (Lipinski definition) is 3. The van der Waals surface area contributed by atoms with E-state index in [9.17, 15) is 4.39 Å². The van der Waals surface area contributed by atoms with Gasteiger partial charge in [-0.05, 0) is 66.1 Å². The predicted octanol–water partition coefficient (Wildman–Crippen LogP) is 4.73. The van der Waals surface area contributed by atoms with E-state index in [0.29, 0.717) is 12.5 Å². The molecule has 1 saturated carbocycles. The molecule has 1 aromatic carbocycles. The maximum atomic E-state index is 13.4. The van der Waals surface area contributed by atoms with E-state index in [1.807, 2.05) is 12.3 Å². The van der Waals surface area contributed by atoms with Gasteiger partial charge in [0.15, 0.2) is 0 Å². The Balaban J connectivity index is 1.54. The number of fused-ring (bicyclic) bond motifs is 2. The van der Waals surface area contributed by atoms with Gasteiger partial charge in [-0.15, -0.1) is 0 Å². The topological polar surface area (TPSA) is 24.4 Å². The summed E-state index contributed by atoms with van der Waals surface area (Å²) in [6, 6.07) is 7.14. The lowest BCUT2D eigenvalue weighted by Crippen LogP contribution is -2.10. The molecule has 110 valence electrons. The number of rotatable bonds is 2. The molecule has 0 amide bonds. The van der Waals surface area contributed by atoms with Crippen molar-refractivity contribution in [2.75, 3.05) is 0 Å². The maximum Gasteiger partial charge on any atom is 0.106 e. The third-order valence-electron chi connectivity index (χ3n) is 4.76. The first kappa shape index (κ1) is 12.9. The van der Waals surface area contributed by atoms with Crippen LogP contribution in [0.3, 0.4) is 0 Å². The predicted molar refractivity (Wildman–Crippen MR) is 88.2 cm³/mol. The molecular weight excluding hydrogens is 295 g/mol. The highest BCUT2D eigenvalue weighted by molar-refractivity contribution is 7.97. The van der Waals surface area contributed by atoms with Crippen molar-refractivity contribution in [1.29, 1.82) is 0 Å². The molecule has 0 spiro atoms. The minimum Gasteiger partial charge on any atom is -0.260 e. The lowest BCUT2D eigenvalue weighted by molar-refractivity contribution is 0.600. The summed E-state index contributed by atoms with van der Waals surface area (Å²) in [4.78, 5) is 5.75.